The second-order valence-corrected chi connectivity index (χ2v) is 5.97. The van der Waals surface area contributed by atoms with E-state index < -0.39 is 10.0 Å². The number of nitrogens with zero attached hydrogens (tertiary/aromatic N) is 1. The fraction of sp³-hybridized carbons (Fsp3) is 0.700. The Morgan fingerprint density at radius 3 is 2.76 bits per heavy atom. The van der Waals surface area contributed by atoms with Gasteiger partial charge in [0.05, 0.1) is 0 Å². The zero-order valence-electron chi connectivity index (χ0n) is 9.99. The maximum absolute atomic E-state index is 12.2. The van der Waals surface area contributed by atoms with Crippen LogP contribution in [0.2, 0.25) is 0 Å². The number of hydrogen-bond acceptors (Lipinski definition) is 5. The second kappa shape index (κ2) is 4.75. The SMILES string of the molecule is Cc1noc(C)c1S(=O)(=O)NC1CCCNC1. The van der Waals surface area contributed by atoms with E-state index in [1.807, 2.05) is 0 Å². The molecule has 0 aliphatic carbocycles. The lowest BCUT2D eigenvalue weighted by Crippen LogP contribution is -2.45. The molecule has 2 N–H and O–H groups in total. The third kappa shape index (κ3) is 2.67. The van der Waals surface area contributed by atoms with Gasteiger partial charge in [0, 0.05) is 12.6 Å². The summed E-state index contributed by atoms with van der Waals surface area (Å²) >= 11 is 0. The fourth-order valence-corrected chi connectivity index (χ4v) is 3.69. The van der Waals surface area contributed by atoms with E-state index in [9.17, 15) is 8.42 Å². The minimum absolute atomic E-state index is 0.0533. The van der Waals surface area contributed by atoms with Gasteiger partial charge in [-0.05, 0) is 33.2 Å². The molecule has 1 fully saturated rings. The fourth-order valence-electron chi connectivity index (χ4n) is 2.09. The van der Waals surface area contributed by atoms with Crippen molar-refractivity contribution in [1.29, 1.82) is 0 Å². The summed E-state index contributed by atoms with van der Waals surface area (Å²) in [5, 5.41) is 6.83. The monoisotopic (exact) mass is 259 g/mol. The summed E-state index contributed by atoms with van der Waals surface area (Å²) < 4.78 is 31.9. The van der Waals surface area contributed by atoms with Crippen LogP contribution in [0.4, 0.5) is 0 Å². The minimum atomic E-state index is -3.52. The highest BCUT2D eigenvalue weighted by atomic mass is 32.2. The van der Waals surface area contributed by atoms with E-state index in [0.29, 0.717) is 18.0 Å². The number of hydrogen-bond donors (Lipinski definition) is 2. The molecule has 1 atom stereocenters. The van der Waals surface area contributed by atoms with Crippen molar-refractivity contribution in [3.05, 3.63) is 11.5 Å². The molecule has 0 bridgehead atoms. The molecular weight excluding hydrogens is 242 g/mol. The Balaban J connectivity index is 2.19. The Hall–Kier alpha value is -0.920. The molecular formula is C10H17N3O3S. The first kappa shape index (κ1) is 12.5. The number of piperidine rings is 1. The molecule has 1 aromatic rings. The summed E-state index contributed by atoms with van der Waals surface area (Å²) in [6.45, 7) is 4.85. The maximum Gasteiger partial charge on any atom is 0.246 e. The van der Waals surface area contributed by atoms with E-state index in [0.717, 1.165) is 19.4 Å². The zero-order chi connectivity index (χ0) is 12.5. The van der Waals surface area contributed by atoms with E-state index in [1.165, 1.54) is 0 Å². The van der Waals surface area contributed by atoms with E-state index in [-0.39, 0.29) is 10.9 Å². The molecule has 17 heavy (non-hydrogen) atoms. The van der Waals surface area contributed by atoms with Crippen LogP contribution in [0.3, 0.4) is 0 Å². The van der Waals surface area contributed by atoms with Crippen LogP contribution >= 0.6 is 0 Å². The lowest BCUT2D eigenvalue weighted by atomic mass is 10.1. The molecule has 0 spiro atoms. The number of nitrogens with one attached hydrogen (secondary N) is 2. The summed E-state index contributed by atoms with van der Waals surface area (Å²) in [4.78, 5) is 0.170. The zero-order valence-corrected chi connectivity index (χ0v) is 10.8. The van der Waals surface area contributed by atoms with Gasteiger partial charge in [0.25, 0.3) is 0 Å². The van der Waals surface area contributed by atoms with Gasteiger partial charge >= 0.3 is 0 Å². The molecule has 2 heterocycles. The molecule has 0 amide bonds. The van der Waals surface area contributed by atoms with E-state index in [2.05, 4.69) is 15.2 Å². The minimum Gasteiger partial charge on any atom is -0.360 e. The molecule has 7 heteroatoms. The number of aryl methyl sites for hydroxylation is 2. The van der Waals surface area contributed by atoms with Crippen molar-refractivity contribution in [2.75, 3.05) is 13.1 Å². The number of sulfonamides is 1. The summed E-state index contributed by atoms with van der Waals surface area (Å²) in [7, 11) is -3.52. The molecule has 1 aliphatic heterocycles. The van der Waals surface area contributed by atoms with Gasteiger partial charge in [0.2, 0.25) is 10.0 Å². The Morgan fingerprint density at radius 1 is 1.47 bits per heavy atom. The molecule has 0 radical (unpaired) electrons. The van der Waals surface area contributed by atoms with Crippen LogP contribution in [0, 0.1) is 13.8 Å². The van der Waals surface area contributed by atoms with Crippen molar-refractivity contribution in [3.8, 4) is 0 Å². The van der Waals surface area contributed by atoms with Crippen molar-refractivity contribution in [1.82, 2.24) is 15.2 Å². The quantitative estimate of drug-likeness (QED) is 0.816. The van der Waals surface area contributed by atoms with Crippen LogP contribution < -0.4 is 10.0 Å². The van der Waals surface area contributed by atoms with Crippen LogP contribution in [0.5, 0.6) is 0 Å². The van der Waals surface area contributed by atoms with E-state index >= 15 is 0 Å². The van der Waals surface area contributed by atoms with Crippen molar-refractivity contribution < 1.29 is 12.9 Å². The van der Waals surface area contributed by atoms with Crippen LogP contribution in [0.15, 0.2) is 9.42 Å². The number of aromatic nitrogens is 1. The molecule has 6 nitrogen and oxygen atoms in total. The molecule has 96 valence electrons. The summed E-state index contributed by atoms with van der Waals surface area (Å²) in [6, 6.07) is -0.0533. The molecule has 1 saturated heterocycles. The predicted molar refractivity (Wildman–Crippen MR) is 62.2 cm³/mol. The summed E-state index contributed by atoms with van der Waals surface area (Å²) in [5.74, 6) is 0.332. The largest absolute Gasteiger partial charge is 0.360 e. The maximum atomic E-state index is 12.2. The first-order valence-electron chi connectivity index (χ1n) is 5.66. The molecule has 1 aliphatic rings. The summed E-state index contributed by atoms with van der Waals surface area (Å²) in [6.07, 6.45) is 1.84. The highest BCUT2D eigenvalue weighted by Crippen LogP contribution is 2.19. The van der Waals surface area contributed by atoms with Gasteiger partial charge in [-0.2, -0.15) is 0 Å². The van der Waals surface area contributed by atoms with Gasteiger partial charge in [-0.25, -0.2) is 13.1 Å². The average molecular weight is 259 g/mol. The van der Waals surface area contributed by atoms with Gasteiger partial charge in [-0.15, -0.1) is 0 Å². The number of rotatable bonds is 3. The second-order valence-electron chi connectivity index (χ2n) is 4.32. The lowest BCUT2D eigenvalue weighted by Gasteiger charge is -2.23. The van der Waals surface area contributed by atoms with Crippen molar-refractivity contribution in [3.63, 3.8) is 0 Å². The van der Waals surface area contributed by atoms with Crippen LogP contribution in [-0.4, -0.2) is 32.7 Å². The van der Waals surface area contributed by atoms with Crippen molar-refractivity contribution >= 4 is 10.0 Å². The molecule has 0 saturated carbocycles. The van der Waals surface area contributed by atoms with Gasteiger partial charge in [0.15, 0.2) is 5.76 Å². The third-order valence-corrected chi connectivity index (χ3v) is 4.62. The first-order chi connectivity index (χ1) is 8.00. The van der Waals surface area contributed by atoms with E-state index in [1.54, 1.807) is 13.8 Å². The normalized spacial score (nSPS) is 21.6. The van der Waals surface area contributed by atoms with Gasteiger partial charge < -0.3 is 9.84 Å². The van der Waals surface area contributed by atoms with E-state index in [4.69, 9.17) is 4.52 Å². The van der Waals surface area contributed by atoms with Gasteiger partial charge in [-0.1, -0.05) is 5.16 Å². The van der Waals surface area contributed by atoms with Crippen molar-refractivity contribution in [2.24, 2.45) is 0 Å². The Bertz CT molecular complexity index is 469. The average Bonchev–Trinajstić information content (AvgIpc) is 2.59. The Labute approximate surface area is 101 Å². The predicted octanol–water partition coefficient (Wildman–Crippen LogP) is 0.322. The Morgan fingerprint density at radius 2 is 2.24 bits per heavy atom. The highest BCUT2D eigenvalue weighted by Gasteiger charge is 2.27. The van der Waals surface area contributed by atoms with Gasteiger partial charge in [-0.3, -0.25) is 0 Å². The standard InChI is InChI=1S/C10H17N3O3S/c1-7-10(8(2)16-12-7)17(14,15)13-9-4-3-5-11-6-9/h9,11,13H,3-6H2,1-2H3. The first-order valence-corrected chi connectivity index (χ1v) is 7.15. The molecule has 2 rings (SSSR count). The highest BCUT2D eigenvalue weighted by molar-refractivity contribution is 7.89. The third-order valence-electron chi connectivity index (χ3n) is 2.86. The molecule has 1 unspecified atom stereocenters. The van der Waals surface area contributed by atoms with Crippen LogP contribution in [-0.2, 0) is 10.0 Å². The van der Waals surface area contributed by atoms with Crippen LogP contribution in [0.25, 0.3) is 0 Å². The van der Waals surface area contributed by atoms with Crippen molar-refractivity contribution in [2.45, 2.75) is 37.6 Å². The smallest absolute Gasteiger partial charge is 0.246 e. The van der Waals surface area contributed by atoms with Gasteiger partial charge in [0.1, 0.15) is 10.6 Å². The lowest BCUT2D eigenvalue weighted by molar-refractivity contribution is 0.390. The van der Waals surface area contributed by atoms with Crippen LogP contribution in [0.1, 0.15) is 24.3 Å². The Kier molecular flexibility index (Phi) is 3.50. The summed E-state index contributed by atoms with van der Waals surface area (Å²) in [5.41, 5.74) is 0.402. The molecule has 0 aromatic carbocycles. The topological polar surface area (TPSA) is 84.2 Å². The molecule has 1 aromatic heterocycles.